The molecule has 4 aromatic heterocycles. The standard InChI is InChI=1S/C29H25N7O/c1-18-26(37)21(14-30)13-29(3)27-22(8-10-28(18,29)2)25(23-9-12-32-17-34-23)35-36(27)24-7-6-20(16-33-24)19-5-4-11-31-15-19/h4-7,9,11-13,15-18H,8,10H2,1-3H3/t18-,28+,29-/m0/s1. The van der Waals surface area contributed by atoms with Gasteiger partial charge in [-0.25, -0.2) is 19.6 Å². The maximum absolute atomic E-state index is 13.1. The van der Waals surface area contributed by atoms with Crippen molar-refractivity contribution in [1.82, 2.24) is 29.7 Å². The highest BCUT2D eigenvalue weighted by molar-refractivity contribution is 6.02. The van der Waals surface area contributed by atoms with Gasteiger partial charge >= 0.3 is 0 Å². The quantitative estimate of drug-likeness (QED) is 0.413. The SMILES string of the molecule is C[C@H]1C(=O)C(C#N)=C[C@@]2(C)c3c(c(-c4ccncn4)nn3-c3ccc(-c4cccnc4)cn3)CC[C@]12C. The van der Waals surface area contributed by atoms with Crippen molar-refractivity contribution >= 4 is 5.78 Å². The van der Waals surface area contributed by atoms with E-state index in [-0.39, 0.29) is 17.3 Å². The number of hydrogen-bond acceptors (Lipinski definition) is 7. The minimum absolute atomic E-state index is 0.0908. The van der Waals surface area contributed by atoms with Crippen LogP contribution in [-0.4, -0.2) is 35.5 Å². The van der Waals surface area contributed by atoms with Crippen molar-refractivity contribution in [1.29, 1.82) is 5.26 Å². The molecule has 37 heavy (non-hydrogen) atoms. The number of Topliss-reactive ketones (excluding diaryl/α,β-unsaturated/α-hetero) is 1. The van der Waals surface area contributed by atoms with Crippen molar-refractivity contribution in [3.05, 3.63) is 84.4 Å². The predicted molar refractivity (Wildman–Crippen MR) is 137 cm³/mol. The number of nitriles is 1. The van der Waals surface area contributed by atoms with E-state index < -0.39 is 10.8 Å². The molecular formula is C29H25N7O. The molecule has 8 nitrogen and oxygen atoms in total. The Bertz CT molecular complexity index is 1590. The molecule has 3 atom stereocenters. The Morgan fingerprint density at radius 3 is 2.57 bits per heavy atom. The lowest BCUT2D eigenvalue weighted by Gasteiger charge is -2.53. The van der Waals surface area contributed by atoms with E-state index in [0.29, 0.717) is 5.82 Å². The Kier molecular flexibility index (Phi) is 5.12. The third-order valence-corrected chi connectivity index (χ3v) is 8.51. The first kappa shape index (κ1) is 22.9. The monoisotopic (exact) mass is 487 g/mol. The van der Waals surface area contributed by atoms with E-state index in [0.717, 1.165) is 46.6 Å². The van der Waals surface area contributed by atoms with Gasteiger partial charge in [-0.05, 0) is 49.4 Å². The van der Waals surface area contributed by atoms with Crippen molar-refractivity contribution in [3.8, 4) is 34.4 Å². The molecule has 6 rings (SSSR count). The summed E-state index contributed by atoms with van der Waals surface area (Å²) in [5.74, 6) is 0.259. The number of ketones is 1. The van der Waals surface area contributed by atoms with Gasteiger partial charge in [0, 0.05) is 52.8 Å². The largest absolute Gasteiger partial charge is 0.293 e. The molecule has 2 aliphatic rings. The molecule has 0 unspecified atom stereocenters. The van der Waals surface area contributed by atoms with Gasteiger partial charge in [0.15, 0.2) is 11.6 Å². The Morgan fingerprint density at radius 1 is 1.05 bits per heavy atom. The third-order valence-electron chi connectivity index (χ3n) is 8.51. The second-order valence-electron chi connectivity index (χ2n) is 10.2. The molecule has 0 radical (unpaired) electrons. The van der Waals surface area contributed by atoms with Crippen molar-refractivity contribution in [3.63, 3.8) is 0 Å². The number of hydrogen-bond donors (Lipinski definition) is 0. The van der Waals surface area contributed by atoms with Gasteiger partial charge in [-0.15, -0.1) is 0 Å². The summed E-state index contributed by atoms with van der Waals surface area (Å²) in [5, 5.41) is 14.9. The Morgan fingerprint density at radius 2 is 1.89 bits per heavy atom. The zero-order valence-electron chi connectivity index (χ0n) is 20.9. The fourth-order valence-corrected chi connectivity index (χ4v) is 6.02. The zero-order valence-corrected chi connectivity index (χ0v) is 20.9. The van der Waals surface area contributed by atoms with Gasteiger partial charge in [-0.1, -0.05) is 26.0 Å². The molecule has 0 N–H and O–H groups in total. The number of carbonyl (C=O) groups is 1. The van der Waals surface area contributed by atoms with Crippen LogP contribution in [-0.2, 0) is 16.6 Å². The lowest BCUT2D eigenvalue weighted by Crippen LogP contribution is -2.54. The number of nitrogens with zero attached hydrogens (tertiary/aromatic N) is 7. The second kappa shape index (κ2) is 8.27. The van der Waals surface area contributed by atoms with Crippen LogP contribution in [0.25, 0.3) is 28.3 Å². The van der Waals surface area contributed by atoms with Crippen molar-refractivity contribution in [2.75, 3.05) is 0 Å². The van der Waals surface area contributed by atoms with E-state index in [2.05, 4.69) is 34.9 Å². The molecule has 0 fully saturated rings. The summed E-state index contributed by atoms with van der Waals surface area (Å²) < 4.78 is 1.88. The summed E-state index contributed by atoms with van der Waals surface area (Å²) in [4.78, 5) is 30.6. The molecule has 8 heteroatoms. The number of allylic oxidation sites excluding steroid dienone is 2. The molecule has 0 aromatic carbocycles. The van der Waals surface area contributed by atoms with E-state index in [9.17, 15) is 10.1 Å². The number of aromatic nitrogens is 6. The van der Waals surface area contributed by atoms with Crippen LogP contribution < -0.4 is 0 Å². The number of carbonyl (C=O) groups excluding carboxylic acids is 1. The molecule has 182 valence electrons. The summed E-state index contributed by atoms with van der Waals surface area (Å²) in [6.07, 6.45) is 12.0. The molecule has 0 amide bonds. The maximum Gasteiger partial charge on any atom is 0.176 e. The molecule has 0 bridgehead atoms. The van der Waals surface area contributed by atoms with Gasteiger partial charge in [0.1, 0.15) is 18.1 Å². The fourth-order valence-electron chi connectivity index (χ4n) is 6.02. The Labute approximate surface area is 214 Å². The summed E-state index contributed by atoms with van der Waals surface area (Å²) in [7, 11) is 0. The smallest absolute Gasteiger partial charge is 0.176 e. The van der Waals surface area contributed by atoms with Crippen LogP contribution in [0, 0.1) is 22.7 Å². The van der Waals surface area contributed by atoms with Gasteiger partial charge in [-0.2, -0.15) is 10.4 Å². The first-order chi connectivity index (χ1) is 17.9. The zero-order chi connectivity index (χ0) is 25.8. The molecule has 0 spiro atoms. The van der Waals surface area contributed by atoms with E-state index in [4.69, 9.17) is 10.1 Å². The van der Waals surface area contributed by atoms with Crippen LogP contribution in [0.2, 0.25) is 0 Å². The van der Waals surface area contributed by atoms with Crippen LogP contribution in [0.5, 0.6) is 0 Å². The molecular weight excluding hydrogens is 462 g/mol. The number of fused-ring (bicyclic) bond motifs is 3. The normalized spacial score (nSPS) is 24.5. The average Bonchev–Trinajstić information content (AvgIpc) is 3.34. The van der Waals surface area contributed by atoms with E-state index >= 15 is 0 Å². The van der Waals surface area contributed by atoms with Crippen LogP contribution >= 0.6 is 0 Å². The lowest BCUT2D eigenvalue weighted by molar-refractivity contribution is -0.125. The first-order valence-corrected chi connectivity index (χ1v) is 12.3. The van der Waals surface area contributed by atoms with E-state index in [1.54, 1.807) is 18.6 Å². The van der Waals surface area contributed by atoms with E-state index in [1.807, 2.05) is 54.2 Å². The highest BCUT2D eigenvalue weighted by Crippen LogP contribution is 2.59. The van der Waals surface area contributed by atoms with Crippen LogP contribution in [0.1, 0.15) is 38.4 Å². The van der Waals surface area contributed by atoms with Gasteiger partial charge < -0.3 is 0 Å². The summed E-state index contributed by atoms with van der Waals surface area (Å²) in [6, 6.07) is 11.8. The lowest BCUT2D eigenvalue weighted by atomic mass is 9.49. The van der Waals surface area contributed by atoms with Gasteiger partial charge in [-0.3, -0.25) is 9.78 Å². The van der Waals surface area contributed by atoms with Crippen LogP contribution in [0.4, 0.5) is 0 Å². The summed E-state index contributed by atoms with van der Waals surface area (Å²) in [6.45, 7) is 6.23. The van der Waals surface area contributed by atoms with Crippen molar-refractivity contribution in [2.24, 2.45) is 11.3 Å². The molecule has 4 aromatic rings. The predicted octanol–water partition coefficient (Wildman–Crippen LogP) is 4.67. The molecule has 0 aliphatic heterocycles. The summed E-state index contributed by atoms with van der Waals surface area (Å²) in [5.41, 5.74) is 4.63. The van der Waals surface area contributed by atoms with Crippen molar-refractivity contribution < 1.29 is 4.79 Å². The van der Waals surface area contributed by atoms with Crippen LogP contribution in [0.3, 0.4) is 0 Å². The molecule has 0 saturated carbocycles. The van der Waals surface area contributed by atoms with Crippen molar-refractivity contribution in [2.45, 2.75) is 39.0 Å². The highest BCUT2D eigenvalue weighted by atomic mass is 16.1. The number of pyridine rings is 2. The van der Waals surface area contributed by atoms with Gasteiger partial charge in [0.05, 0.1) is 17.0 Å². The number of rotatable bonds is 3. The Balaban J connectivity index is 1.60. The third kappa shape index (κ3) is 3.27. The fraction of sp³-hybridized carbons (Fsp3) is 0.276. The summed E-state index contributed by atoms with van der Waals surface area (Å²) >= 11 is 0. The molecule has 2 aliphatic carbocycles. The highest BCUT2D eigenvalue weighted by Gasteiger charge is 2.58. The van der Waals surface area contributed by atoms with E-state index in [1.165, 1.54) is 6.33 Å². The molecule has 0 saturated heterocycles. The Hall–Kier alpha value is -4.51. The topological polar surface area (TPSA) is 110 Å². The first-order valence-electron chi connectivity index (χ1n) is 12.3. The minimum atomic E-state index is -0.624. The maximum atomic E-state index is 13.1. The average molecular weight is 488 g/mol. The second-order valence-corrected chi connectivity index (χ2v) is 10.2. The van der Waals surface area contributed by atoms with Crippen LogP contribution in [0.15, 0.2) is 73.1 Å². The molecule has 4 heterocycles. The van der Waals surface area contributed by atoms with Gasteiger partial charge in [0.2, 0.25) is 0 Å². The van der Waals surface area contributed by atoms with Gasteiger partial charge in [0.25, 0.3) is 0 Å². The minimum Gasteiger partial charge on any atom is -0.293 e.